The van der Waals surface area contributed by atoms with Crippen LogP contribution >= 0.6 is 11.8 Å². The summed E-state index contributed by atoms with van der Waals surface area (Å²) >= 11 is 1.19. The van der Waals surface area contributed by atoms with Gasteiger partial charge in [0.15, 0.2) is 0 Å². The van der Waals surface area contributed by atoms with Crippen LogP contribution in [-0.4, -0.2) is 30.7 Å². The number of hydrogen-bond acceptors (Lipinski definition) is 3. The molecule has 0 aliphatic carbocycles. The highest BCUT2D eigenvalue weighted by Crippen LogP contribution is 2.22. The van der Waals surface area contributed by atoms with Crippen molar-refractivity contribution >= 4 is 11.8 Å². The van der Waals surface area contributed by atoms with E-state index >= 15 is 0 Å². The standard InChI is InChI=1S/C10H12F2O2S/c11-8-1-2-9(12)10(7-8)15-6-5-14-4-3-13/h1-2,7,13H,3-6H2. The van der Waals surface area contributed by atoms with Crippen molar-refractivity contribution < 1.29 is 18.6 Å². The molecule has 0 amide bonds. The largest absolute Gasteiger partial charge is 0.394 e. The molecule has 0 aliphatic rings. The predicted molar refractivity (Wildman–Crippen MR) is 55.0 cm³/mol. The number of rotatable bonds is 6. The Labute approximate surface area is 91.3 Å². The molecule has 1 N–H and O–H groups in total. The van der Waals surface area contributed by atoms with Gasteiger partial charge in [-0.1, -0.05) is 0 Å². The van der Waals surface area contributed by atoms with E-state index in [0.29, 0.717) is 12.4 Å². The van der Waals surface area contributed by atoms with Gasteiger partial charge in [0.2, 0.25) is 0 Å². The van der Waals surface area contributed by atoms with E-state index in [1.165, 1.54) is 11.8 Å². The Kier molecular flexibility index (Phi) is 5.60. The van der Waals surface area contributed by atoms with E-state index in [0.717, 1.165) is 18.2 Å². The van der Waals surface area contributed by atoms with Gasteiger partial charge in [-0.15, -0.1) is 11.8 Å². The monoisotopic (exact) mass is 234 g/mol. The van der Waals surface area contributed by atoms with Crippen molar-refractivity contribution in [3.63, 3.8) is 0 Å². The minimum absolute atomic E-state index is 0.0288. The van der Waals surface area contributed by atoms with Crippen molar-refractivity contribution in [1.29, 1.82) is 0 Å². The summed E-state index contributed by atoms with van der Waals surface area (Å²) in [5.41, 5.74) is 0. The lowest BCUT2D eigenvalue weighted by molar-refractivity contribution is 0.103. The van der Waals surface area contributed by atoms with Crippen LogP contribution in [0.25, 0.3) is 0 Å². The summed E-state index contributed by atoms with van der Waals surface area (Å²) in [7, 11) is 0. The summed E-state index contributed by atoms with van der Waals surface area (Å²) in [6.45, 7) is 0.645. The number of ether oxygens (including phenoxy) is 1. The number of benzene rings is 1. The lowest BCUT2D eigenvalue weighted by Crippen LogP contribution is -2.02. The third-order valence-corrected chi connectivity index (χ3v) is 2.61. The van der Waals surface area contributed by atoms with Crippen molar-refractivity contribution in [3.05, 3.63) is 29.8 Å². The fourth-order valence-corrected chi connectivity index (χ4v) is 1.79. The molecule has 84 valence electrons. The van der Waals surface area contributed by atoms with Crippen LogP contribution in [0, 0.1) is 11.6 Å². The summed E-state index contributed by atoms with van der Waals surface area (Å²) in [6, 6.07) is 3.35. The van der Waals surface area contributed by atoms with Crippen LogP contribution in [0.4, 0.5) is 8.78 Å². The van der Waals surface area contributed by atoms with E-state index in [-0.39, 0.29) is 18.1 Å². The third-order valence-electron chi connectivity index (χ3n) is 1.61. The zero-order chi connectivity index (χ0) is 11.1. The maximum Gasteiger partial charge on any atom is 0.136 e. The van der Waals surface area contributed by atoms with Crippen LogP contribution in [0.2, 0.25) is 0 Å². The molecular weight excluding hydrogens is 222 g/mol. The Hall–Kier alpha value is -0.650. The molecule has 0 saturated carbocycles. The van der Waals surface area contributed by atoms with Gasteiger partial charge in [0, 0.05) is 10.6 Å². The van der Waals surface area contributed by atoms with E-state index in [9.17, 15) is 8.78 Å². The summed E-state index contributed by atoms with van der Waals surface area (Å²) in [4.78, 5) is 0.280. The first-order valence-corrected chi connectivity index (χ1v) is 5.49. The predicted octanol–water partition coefficient (Wildman–Crippen LogP) is 2.07. The molecule has 0 bridgehead atoms. The lowest BCUT2D eigenvalue weighted by atomic mass is 10.3. The first-order valence-electron chi connectivity index (χ1n) is 4.50. The summed E-state index contributed by atoms with van der Waals surface area (Å²) in [6.07, 6.45) is 0. The third kappa shape index (κ3) is 4.59. The highest BCUT2D eigenvalue weighted by Gasteiger charge is 2.03. The second kappa shape index (κ2) is 6.76. The van der Waals surface area contributed by atoms with Gasteiger partial charge in [-0.3, -0.25) is 0 Å². The molecule has 15 heavy (non-hydrogen) atoms. The number of aliphatic hydroxyl groups is 1. The van der Waals surface area contributed by atoms with E-state index < -0.39 is 11.6 Å². The van der Waals surface area contributed by atoms with Crippen molar-refractivity contribution in [2.45, 2.75) is 4.90 Å². The maximum atomic E-state index is 13.1. The van der Waals surface area contributed by atoms with E-state index in [1.807, 2.05) is 0 Å². The molecule has 0 unspecified atom stereocenters. The molecule has 0 heterocycles. The van der Waals surface area contributed by atoms with Gasteiger partial charge < -0.3 is 9.84 Å². The summed E-state index contributed by atoms with van der Waals surface area (Å²) in [5.74, 6) is -0.348. The number of halogens is 2. The number of thioether (sulfide) groups is 1. The van der Waals surface area contributed by atoms with Crippen LogP contribution in [0.5, 0.6) is 0 Å². The molecule has 0 aliphatic heterocycles. The van der Waals surface area contributed by atoms with Crippen molar-refractivity contribution in [2.24, 2.45) is 0 Å². The Morgan fingerprint density at radius 2 is 2.07 bits per heavy atom. The molecule has 1 aromatic rings. The smallest absolute Gasteiger partial charge is 0.136 e. The summed E-state index contributed by atoms with van der Waals surface area (Å²) in [5, 5.41) is 8.42. The zero-order valence-electron chi connectivity index (χ0n) is 8.08. The molecule has 0 spiro atoms. The van der Waals surface area contributed by atoms with E-state index in [1.54, 1.807) is 0 Å². The molecule has 0 atom stereocenters. The lowest BCUT2D eigenvalue weighted by Gasteiger charge is -2.03. The van der Waals surface area contributed by atoms with E-state index in [2.05, 4.69) is 0 Å². The van der Waals surface area contributed by atoms with Gasteiger partial charge in [-0.25, -0.2) is 8.78 Å². The molecule has 0 radical (unpaired) electrons. The Morgan fingerprint density at radius 1 is 1.27 bits per heavy atom. The van der Waals surface area contributed by atoms with Gasteiger partial charge in [0.05, 0.1) is 19.8 Å². The van der Waals surface area contributed by atoms with Crippen LogP contribution in [0.3, 0.4) is 0 Å². The van der Waals surface area contributed by atoms with E-state index in [4.69, 9.17) is 9.84 Å². The fraction of sp³-hybridized carbons (Fsp3) is 0.400. The van der Waals surface area contributed by atoms with Crippen molar-refractivity contribution in [3.8, 4) is 0 Å². The highest BCUT2D eigenvalue weighted by molar-refractivity contribution is 7.99. The molecular formula is C10H12F2O2S. The van der Waals surface area contributed by atoms with Gasteiger partial charge in [0.1, 0.15) is 11.6 Å². The normalized spacial score (nSPS) is 10.6. The Bertz CT molecular complexity index is 307. The molecule has 2 nitrogen and oxygen atoms in total. The van der Waals surface area contributed by atoms with Crippen LogP contribution in [0.1, 0.15) is 0 Å². The SMILES string of the molecule is OCCOCCSc1cc(F)ccc1F. The zero-order valence-corrected chi connectivity index (χ0v) is 8.90. The van der Waals surface area contributed by atoms with Gasteiger partial charge >= 0.3 is 0 Å². The second-order valence-electron chi connectivity index (χ2n) is 2.76. The Morgan fingerprint density at radius 3 is 2.80 bits per heavy atom. The van der Waals surface area contributed by atoms with Crippen LogP contribution < -0.4 is 0 Å². The minimum atomic E-state index is -0.449. The Balaban J connectivity index is 2.33. The van der Waals surface area contributed by atoms with Gasteiger partial charge in [-0.2, -0.15) is 0 Å². The second-order valence-corrected chi connectivity index (χ2v) is 3.90. The summed E-state index contributed by atoms with van der Waals surface area (Å²) < 4.78 is 30.8. The van der Waals surface area contributed by atoms with Crippen LogP contribution in [0.15, 0.2) is 23.1 Å². The van der Waals surface area contributed by atoms with Gasteiger partial charge in [0.25, 0.3) is 0 Å². The molecule has 1 aromatic carbocycles. The molecule has 0 saturated heterocycles. The molecule has 1 rings (SSSR count). The average molecular weight is 234 g/mol. The number of hydrogen-bond donors (Lipinski definition) is 1. The van der Waals surface area contributed by atoms with Crippen molar-refractivity contribution in [2.75, 3.05) is 25.6 Å². The average Bonchev–Trinajstić information content (AvgIpc) is 2.23. The first-order chi connectivity index (χ1) is 7.24. The highest BCUT2D eigenvalue weighted by atomic mass is 32.2. The minimum Gasteiger partial charge on any atom is -0.394 e. The molecule has 5 heteroatoms. The molecule has 0 fully saturated rings. The quantitative estimate of drug-likeness (QED) is 0.603. The topological polar surface area (TPSA) is 29.5 Å². The van der Waals surface area contributed by atoms with Gasteiger partial charge in [-0.05, 0) is 18.2 Å². The number of aliphatic hydroxyl groups excluding tert-OH is 1. The van der Waals surface area contributed by atoms with Crippen molar-refractivity contribution in [1.82, 2.24) is 0 Å². The molecule has 0 aromatic heterocycles. The first kappa shape index (κ1) is 12.4. The van der Waals surface area contributed by atoms with Crippen LogP contribution in [-0.2, 0) is 4.74 Å². The maximum absolute atomic E-state index is 13.1. The fourth-order valence-electron chi connectivity index (χ4n) is 0.965.